The highest BCUT2D eigenvalue weighted by atomic mass is 14.9. The fraction of sp³-hybridized carbons (Fsp3) is 0.143. The standard InChI is InChI=1S/C14H13N/c1-3-7-13-11(5-1)9-10-12-6-2-4-8-14(12)15-13/h1-5,7-8,10,15H,6,9H2. The first-order chi connectivity index (χ1) is 7.43. The van der Waals surface area contributed by atoms with E-state index >= 15 is 0 Å². The minimum Gasteiger partial charge on any atom is -0.355 e. The Morgan fingerprint density at radius 1 is 1.07 bits per heavy atom. The van der Waals surface area contributed by atoms with Crippen molar-refractivity contribution in [2.45, 2.75) is 12.8 Å². The Kier molecular flexibility index (Phi) is 1.95. The molecule has 0 aromatic heterocycles. The van der Waals surface area contributed by atoms with Crippen LogP contribution in [0.25, 0.3) is 0 Å². The summed E-state index contributed by atoms with van der Waals surface area (Å²) >= 11 is 0. The van der Waals surface area contributed by atoms with Gasteiger partial charge in [0.05, 0.1) is 0 Å². The highest BCUT2D eigenvalue weighted by molar-refractivity contribution is 5.62. The van der Waals surface area contributed by atoms with Crippen molar-refractivity contribution in [3.8, 4) is 0 Å². The lowest BCUT2D eigenvalue weighted by molar-refractivity contribution is 1.17. The van der Waals surface area contributed by atoms with Crippen LogP contribution in [-0.2, 0) is 6.42 Å². The van der Waals surface area contributed by atoms with E-state index in [0.29, 0.717) is 0 Å². The lowest BCUT2D eigenvalue weighted by atomic mass is 10.0. The largest absolute Gasteiger partial charge is 0.355 e. The number of hydrogen-bond donors (Lipinski definition) is 1. The summed E-state index contributed by atoms with van der Waals surface area (Å²) in [6.45, 7) is 0. The Labute approximate surface area is 89.8 Å². The zero-order valence-electron chi connectivity index (χ0n) is 8.53. The van der Waals surface area contributed by atoms with Crippen molar-refractivity contribution in [3.63, 3.8) is 0 Å². The van der Waals surface area contributed by atoms with E-state index in [1.165, 1.54) is 22.5 Å². The molecule has 15 heavy (non-hydrogen) atoms. The van der Waals surface area contributed by atoms with Crippen LogP contribution in [0.2, 0.25) is 0 Å². The molecule has 1 heterocycles. The number of rotatable bonds is 0. The van der Waals surface area contributed by atoms with Gasteiger partial charge in [-0.1, -0.05) is 36.4 Å². The molecule has 74 valence electrons. The molecule has 0 fully saturated rings. The molecule has 0 radical (unpaired) electrons. The van der Waals surface area contributed by atoms with Crippen LogP contribution in [0.15, 0.2) is 59.8 Å². The molecule has 1 aliphatic carbocycles. The van der Waals surface area contributed by atoms with Crippen molar-refractivity contribution in [3.05, 3.63) is 65.4 Å². The summed E-state index contributed by atoms with van der Waals surface area (Å²) in [5.74, 6) is 0. The van der Waals surface area contributed by atoms with Crippen molar-refractivity contribution in [2.24, 2.45) is 0 Å². The van der Waals surface area contributed by atoms with E-state index in [-0.39, 0.29) is 0 Å². The highest BCUT2D eigenvalue weighted by Crippen LogP contribution is 2.28. The maximum atomic E-state index is 3.50. The third-order valence-corrected chi connectivity index (χ3v) is 2.94. The molecule has 0 unspecified atom stereocenters. The van der Waals surface area contributed by atoms with Crippen molar-refractivity contribution < 1.29 is 0 Å². The van der Waals surface area contributed by atoms with Gasteiger partial charge in [0.2, 0.25) is 0 Å². The molecule has 3 rings (SSSR count). The van der Waals surface area contributed by atoms with Gasteiger partial charge in [-0.3, -0.25) is 0 Å². The average Bonchev–Trinajstić information content (AvgIpc) is 2.48. The van der Waals surface area contributed by atoms with Gasteiger partial charge in [0.1, 0.15) is 0 Å². The molecule has 0 bridgehead atoms. The molecular weight excluding hydrogens is 182 g/mol. The van der Waals surface area contributed by atoms with E-state index in [1.54, 1.807) is 0 Å². The van der Waals surface area contributed by atoms with E-state index in [2.05, 4.69) is 53.9 Å². The van der Waals surface area contributed by atoms with Gasteiger partial charge in [0.15, 0.2) is 0 Å². The van der Waals surface area contributed by atoms with E-state index < -0.39 is 0 Å². The SMILES string of the molecule is C1=CCC2=CCc3ccccc3NC2=C1. The topological polar surface area (TPSA) is 12.0 Å². The van der Waals surface area contributed by atoms with E-state index in [0.717, 1.165) is 12.8 Å². The molecule has 1 N–H and O–H groups in total. The number of fused-ring (bicyclic) bond motifs is 2. The molecule has 0 amide bonds. The lowest BCUT2D eigenvalue weighted by Gasteiger charge is -2.14. The van der Waals surface area contributed by atoms with Gasteiger partial charge in [0, 0.05) is 11.4 Å². The van der Waals surface area contributed by atoms with Crippen LogP contribution >= 0.6 is 0 Å². The first-order valence-electron chi connectivity index (χ1n) is 5.34. The normalized spacial score (nSPS) is 17.9. The average molecular weight is 195 g/mol. The molecule has 1 heteroatoms. The summed E-state index contributed by atoms with van der Waals surface area (Å²) in [5, 5.41) is 3.50. The Morgan fingerprint density at radius 2 is 2.00 bits per heavy atom. The summed E-state index contributed by atoms with van der Waals surface area (Å²) in [6.07, 6.45) is 10.9. The first-order valence-corrected chi connectivity index (χ1v) is 5.34. The fourth-order valence-electron chi connectivity index (χ4n) is 2.09. The number of nitrogens with one attached hydrogen (secondary N) is 1. The van der Waals surface area contributed by atoms with Gasteiger partial charge in [-0.25, -0.2) is 0 Å². The van der Waals surface area contributed by atoms with Gasteiger partial charge in [0.25, 0.3) is 0 Å². The minimum atomic E-state index is 1.03. The van der Waals surface area contributed by atoms with E-state index in [1.807, 2.05) is 0 Å². The number of allylic oxidation sites excluding steroid dienone is 5. The van der Waals surface area contributed by atoms with Crippen LogP contribution in [0.4, 0.5) is 5.69 Å². The first kappa shape index (κ1) is 8.54. The summed E-state index contributed by atoms with van der Waals surface area (Å²) < 4.78 is 0. The molecule has 0 saturated carbocycles. The van der Waals surface area contributed by atoms with Crippen LogP contribution in [0, 0.1) is 0 Å². The van der Waals surface area contributed by atoms with Crippen molar-refractivity contribution in [1.29, 1.82) is 0 Å². The third-order valence-electron chi connectivity index (χ3n) is 2.94. The van der Waals surface area contributed by atoms with Crippen molar-refractivity contribution in [1.82, 2.24) is 0 Å². The number of hydrogen-bond acceptors (Lipinski definition) is 1. The highest BCUT2D eigenvalue weighted by Gasteiger charge is 2.12. The predicted octanol–water partition coefficient (Wildman–Crippen LogP) is 3.42. The summed E-state index contributed by atoms with van der Waals surface area (Å²) in [4.78, 5) is 0. The third kappa shape index (κ3) is 1.50. The lowest BCUT2D eigenvalue weighted by Crippen LogP contribution is -2.03. The van der Waals surface area contributed by atoms with Gasteiger partial charge in [-0.15, -0.1) is 0 Å². The minimum absolute atomic E-state index is 1.03. The predicted molar refractivity (Wildman–Crippen MR) is 63.7 cm³/mol. The Balaban J connectivity index is 2.07. The number of para-hydroxylation sites is 1. The van der Waals surface area contributed by atoms with E-state index in [4.69, 9.17) is 0 Å². The van der Waals surface area contributed by atoms with Crippen LogP contribution < -0.4 is 5.32 Å². The maximum absolute atomic E-state index is 3.50. The second kappa shape index (κ2) is 3.43. The second-order valence-corrected chi connectivity index (χ2v) is 3.93. The maximum Gasteiger partial charge on any atom is 0.0420 e. The molecule has 1 aromatic carbocycles. The molecular formula is C14H13N. The zero-order chi connectivity index (χ0) is 10.1. The van der Waals surface area contributed by atoms with Crippen LogP contribution in [0.3, 0.4) is 0 Å². The summed E-state index contributed by atoms with van der Waals surface area (Å²) in [5.41, 5.74) is 5.28. The number of benzene rings is 1. The molecule has 2 aliphatic rings. The van der Waals surface area contributed by atoms with Crippen LogP contribution in [0.1, 0.15) is 12.0 Å². The Hall–Kier alpha value is -1.76. The zero-order valence-corrected chi connectivity index (χ0v) is 8.53. The van der Waals surface area contributed by atoms with Crippen LogP contribution in [-0.4, -0.2) is 0 Å². The Bertz CT molecular complexity index is 478. The molecule has 1 aromatic rings. The molecule has 1 aliphatic heterocycles. The van der Waals surface area contributed by atoms with Gasteiger partial charge in [-0.05, 0) is 36.1 Å². The Morgan fingerprint density at radius 3 is 3.00 bits per heavy atom. The monoisotopic (exact) mass is 195 g/mol. The van der Waals surface area contributed by atoms with E-state index in [9.17, 15) is 0 Å². The van der Waals surface area contributed by atoms with Gasteiger partial charge < -0.3 is 5.32 Å². The van der Waals surface area contributed by atoms with Gasteiger partial charge >= 0.3 is 0 Å². The molecule has 0 atom stereocenters. The summed E-state index contributed by atoms with van der Waals surface area (Å²) in [7, 11) is 0. The van der Waals surface area contributed by atoms with Crippen molar-refractivity contribution >= 4 is 5.69 Å². The van der Waals surface area contributed by atoms with Crippen LogP contribution in [0.5, 0.6) is 0 Å². The molecule has 0 saturated heterocycles. The smallest absolute Gasteiger partial charge is 0.0420 e. The molecule has 1 nitrogen and oxygen atoms in total. The van der Waals surface area contributed by atoms with Gasteiger partial charge in [-0.2, -0.15) is 0 Å². The summed E-state index contributed by atoms with van der Waals surface area (Å²) in [6, 6.07) is 8.51. The number of anilines is 1. The van der Waals surface area contributed by atoms with Crippen molar-refractivity contribution in [2.75, 3.05) is 5.32 Å². The second-order valence-electron chi connectivity index (χ2n) is 3.93. The fourth-order valence-corrected chi connectivity index (χ4v) is 2.09. The quantitative estimate of drug-likeness (QED) is 0.668. The molecule has 0 spiro atoms.